The summed E-state index contributed by atoms with van der Waals surface area (Å²) in [5.74, 6) is 0. The summed E-state index contributed by atoms with van der Waals surface area (Å²) < 4.78 is 0. The van der Waals surface area contributed by atoms with E-state index in [-0.39, 0.29) is 0 Å². The summed E-state index contributed by atoms with van der Waals surface area (Å²) in [6.07, 6.45) is 2.47. The monoisotopic (exact) mass is 209 g/mol. The molecule has 76 valence electrons. The largest absolute Gasteiger partial charge is 0.310 e. The number of hydrogen-bond acceptors (Lipinski definition) is 1. The lowest BCUT2D eigenvalue weighted by atomic mass is 9.98. The van der Waals surface area contributed by atoms with Crippen LogP contribution >= 0.6 is 11.6 Å². The molecule has 2 rings (SSSR count). The van der Waals surface area contributed by atoms with Crippen molar-refractivity contribution in [2.75, 3.05) is 6.54 Å². The van der Waals surface area contributed by atoms with Crippen molar-refractivity contribution >= 4 is 11.6 Å². The second-order valence-electron chi connectivity index (χ2n) is 4.13. The number of nitrogens with one attached hydrogen (secondary N) is 1. The summed E-state index contributed by atoms with van der Waals surface area (Å²) in [4.78, 5) is 0. The van der Waals surface area contributed by atoms with Crippen LogP contribution in [0.3, 0.4) is 0 Å². The summed E-state index contributed by atoms with van der Waals surface area (Å²) in [7, 11) is 0. The number of rotatable bonds is 1. The van der Waals surface area contributed by atoms with Crippen molar-refractivity contribution in [3.63, 3.8) is 0 Å². The zero-order valence-corrected chi connectivity index (χ0v) is 9.49. The Morgan fingerprint density at radius 3 is 2.71 bits per heavy atom. The molecule has 1 aliphatic heterocycles. The molecule has 0 saturated carbocycles. The average Bonchev–Trinajstić information content (AvgIpc) is 2.54. The fourth-order valence-electron chi connectivity index (χ4n) is 2.30. The lowest BCUT2D eigenvalue weighted by Gasteiger charge is -2.16. The molecule has 0 radical (unpaired) electrons. The third-order valence-electron chi connectivity index (χ3n) is 2.89. The summed E-state index contributed by atoms with van der Waals surface area (Å²) in [6.45, 7) is 5.35. The smallest absolute Gasteiger partial charge is 0.0459 e. The summed E-state index contributed by atoms with van der Waals surface area (Å²) >= 11 is 6.27. The second-order valence-corrected chi connectivity index (χ2v) is 4.53. The predicted molar refractivity (Wildman–Crippen MR) is 60.9 cm³/mol. The summed E-state index contributed by atoms with van der Waals surface area (Å²) in [5, 5.41) is 4.41. The maximum Gasteiger partial charge on any atom is 0.0459 e. The van der Waals surface area contributed by atoms with Crippen molar-refractivity contribution in [1.82, 2.24) is 5.32 Å². The summed E-state index contributed by atoms with van der Waals surface area (Å²) in [6, 6.07) is 4.74. The number of aryl methyl sites for hydroxylation is 2. The van der Waals surface area contributed by atoms with E-state index in [1.165, 1.54) is 29.5 Å². The maximum atomic E-state index is 6.27. The average molecular weight is 210 g/mol. The van der Waals surface area contributed by atoms with Crippen LogP contribution in [0.4, 0.5) is 0 Å². The van der Waals surface area contributed by atoms with E-state index in [1.54, 1.807) is 0 Å². The van der Waals surface area contributed by atoms with Gasteiger partial charge < -0.3 is 5.32 Å². The van der Waals surface area contributed by atoms with Gasteiger partial charge in [0, 0.05) is 11.1 Å². The van der Waals surface area contributed by atoms with Gasteiger partial charge in [-0.3, -0.25) is 0 Å². The summed E-state index contributed by atoms with van der Waals surface area (Å²) in [5.41, 5.74) is 3.86. The Labute approximate surface area is 90.5 Å². The third-order valence-corrected chi connectivity index (χ3v) is 3.20. The molecule has 2 heteroatoms. The number of halogens is 1. The zero-order valence-electron chi connectivity index (χ0n) is 8.73. The fraction of sp³-hybridized carbons (Fsp3) is 0.500. The van der Waals surface area contributed by atoms with Crippen LogP contribution in [0.15, 0.2) is 12.1 Å². The normalized spacial score (nSPS) is 21.5. The van der Waals surface area contributed by atoms with Gasteiger partial charge in [0.15, 0.2) is 0 Å². The van der Waals surface area contributed by atoms with Crippen LogP contribution in [-0.4, -0.2) is 6.54 Å². The van der Waals surface area contributed by atoms with Gasteiger partial charge in [0.2, 0.25) is 0 Å². The van der Waals surface area contributed by atoms with E-state index in [1.807, 2.05) is 0 Å². The van der Waals surface area contributed by atoms with Crippen molar-refractivity contribution in [2.24, 2.45) is 0 Å². The minimum Gasteiger partial charge on any atom is -0.310 e. The first-order valence-electron chi connectivity index (χ1n) is 5.18. The Balaban J connectivity index is 2.40. The molecule has 0 spiro atoms. The highest BCUT2D eigenvalue weighted by Gasteiger charge is 2.20. The van der Waals surface area contributed by atoms with Gasteiger partial charge in [0.1, 0.15) is 0 Å². The van der Waals surface area contributed by atoms with Gasteiger partial charge >= 0.3 is 0 Å². The third kappa shape index (κ3) is 1.79. The Hall–Kier alpha value is -0.530. The van der Waals surface area contributed by atoms with E-state index >= 15 is 0 Å². The van der Waals surface area contributed by atoms with Crippen LogP contribution in [0.2, 0.25) is 5.02 Å². The molecule has 1 aromatic carbocycles. The van der Waals surface area contributed by atoms with E-state index in [0.717, 1.165) is 11.6 Å². The Kier molecular flexibility index (Phi) is 2.80. The molecule has 1 saturated heterocycles. The van der Waals surface area contributed by atoms with Crippen LogP contribution in [0.1, 0.15) is 35.6 Å². The van der Waals surface area contributed by atoms with Gasteiger partial charge in [-0.2, -0.15) is 0 Å². The molecular weight excluding hydrogens is 194 g/mol. The predicted octanol–water partition coefficient (Wildman–Crippen LogP) is 3.38. The Bertz CT molecular complexity index is 317. The van der Waals surface area contributed by atoms with Crippen molar-refractivity contribution in [3.8, 4) is 0 Å². The molecule has 0 aliphatic carbocycles. The lowest BCUT2D eigenvalue weighted by molar-refractivity contribution is 0.644. The first-order valence-corrected chi connectivity index (χ1v) is 5.56. The Morgan fingerprint density at radius 2 is 2.14 bits per heavy atom. The van der Waals surface area contributed by atoms with Gasteiger partial charge in [-0.25, -0.2) is 0 Å². The van der Waals surface area contributed by atoms with Gasteiger partial charge in [-0.15, -0.1) is 0 Å². The van der Waals surface area contributed by atoms with Crippen LogP contribution < -0.4 is 5.32 Å². The lowest BCUT2D eigenvalue weighted by Crippen LogP contribution is -2.14. The van der Waals surface area contributed by atoms with Gasteiger partial charge in [0.25, 0.3) is 0 Å². The highest BCUT2D eigenvalue weighted by Crippen LogP contribution is 2.32. The van der Waals surface area contributed by atoms with Crippen LogP contribution in [-0.2, 0) is 0 Å². The standard InChI is InChI=1S/C12H16ClN/c1-8-6-9(2)12(10(13)7-8)11-4-3-5-14-11/h6-7,11,14H,3-5H2,1-2H3. The molecule has 1 heterocycles. The molecule has 1 fully saturated rings. The van der Waals surface area contributed by atoms with E-state index in [9.17, 15) is 0 Å². The van der Waals surface area contributed by atoms with Crippen molar-refractivity contribution in [1.29, 1.82) is 0 Å². The molecule has 1 unspecified atom stereocenters. The molecule has 0 bridgehead atoms. The molecule has 1 nitrogen and oxygen atoms in total. The highest BCUT2D eigenvalue weighted by molar-refractivity contribution is 6.31. The van der Waals surface area contributed by atoms with Gasteiger partial charge in [-0.1, -0.05) is 17.7 Å². The minimum absolute atomic E-state index is 0.475. The molecule has 0 aromatic heterocycles. The minimum atomic E-state index is 0.475. The molecule has 1 atom stereocenters. The molecule has 1 aliphatic rings. The number of benzene rings is 1. The van der Waals surface area contributed by atoms with Crippen LogP contribution in [0, 0.1) is 13.8 Å². The number of hydrogen-bond donors (Lipinski definition) is 1. The van der Waals surface area contributed by atoms with E-state index < -0.39 is 0 Å². The fourth-order valence-corrected chi connectivity index (χ4v) is 2.75. The molecule has 14 heavy (non-hydrogen) atoms. The van der Waals surface area contributed by atoms with E-state index in [0.29, 0.717) is 6.04 Å². The zero-order chi connectivity index (χ0) is 10.1. The first kappa shape index (κ1) is 10.0. The van der Waals surface area contributed by atoms with Crippen LogP contribution in [0.5, 0.6) is 0 Å². The quantitative estimate of drug-likeness (QED) is 0.748. The van der Waals surface area contributed by atoms with Gasteiger partial charge in [-0.05, 0) is 56.0 Å². The molecule has 1 N–H and O–H groups in total. The molecular formula is C12H16ClN. The Morgan fingerprint density at radius 1 is 1.36 bits per heavy atom. The van der Waals surface area contributed by atoms with Crippen molar-refractivity contribution in [3.05, 3.63) is 33.8 Å². The second kappa shape index (κ2) is 3.92. The van der Waals surface area contributed by atoms with Crippen molar-refractivity contribution < 1.29 is 0 Å². The highest BCUT2D eigenvalue weighted by atomic mass is 35.5. The molecule has 0 amide bonds. The molecule has 1 aromatic rings. The van der Waals surface area contributed by atoms with Gasteiger partial charge in [0.05, 0.1) is 0 Å². The van der Waals surface area contributed by atoms with E-state index in [4.69, 9.17) is 11.6 Å². The topological polar surface area (TPSA) is 12.0 Å². The van der Waals surface area contributed by atoms with E-state index in [2.05, 4.69) is 31.3 Å². The van der Waals surface area contributed by atoms with Crippen LogP contribution in [0.25, 0.3) is 0 Å². The van der Waals surface area contributed by atoms with Crippen molar-refractivity contribution in [2.45, 2.75) is 32.7 Å². The SMILES string of the molecule is Cc1cc(C)c(C2CCCN2)c(Cl)c1. The maximum absolute atomic E-state index is 6.27. The first-order chi connectivity index (χ1) is 6.68.